The van der Waals surface area contributed by atoms with Crippen molar-refractivity contribution in [1.82, 2.24) is 0 Å². The van der Waals surface area contributed by atoms with Crippen LogP contribution in [0.15, 0.2) is 48.5 Å². The Balaban J connectivity index is 2.34. The Bertz CT molecular complexity index is 722. The van der Waals surface area contributed by atoms with E-state index in [2.05, 4.69) is 13.8 Å². The summed E-state index contributed by atoms with van der Waals surface area (Å²) in [5.74, 6) is 0.484. The van der Waals surface area contributed by atoms with Gasteiger partial charge >= 0.3 is 5.97 Å². The number of benzene rings is 2. The van der Waals surface area contributed by atoms with Crippen LogP contribution in [0.2, 0.25) is 5.02 Å². The lowest BCUT2D eigenvalue weighted by Gasteiger charge is -2.34. The second-order valence-electron chi connectivity index (χ2n) is 6.93. The SMILES string of the molecule is CCOC(=O)[C@](C)(Oc1ccc(C(C)C)cc1)[C@H](C)c1ccc(Cl)cc1. The van der Waals surface area contributed by atoms with Crippen LogP contribution < -0.4 is 4.74 Å². The highest BCUT2D eigenvalue weighted by molar-refractivity contribution is 6.30. The first-order valence-corrected chi connectivity index (χ1v) is 9.37. The minimum Gasteiger partial charge on any atom is -0.475 e. The third-order valence-corrected chi connectivity index (χ3v) is 5.01. The molecule has 0 spiro atoms. The van der Waals surface area contributed by atoms with Crippen LogP contribution in [-0.2, 0) is 9.53 Å². The van der Waals surface area contributed by atoms with Gasteiger partial charge in [0.2, 0.25) is 5.60 Å². The Hall–Kier alpha value is -2.00. The third-order valence-electron chi connectivity index (χ3n) is 4.75. The van der Waals surface area contributed by atoms with Crippen molar-refractivity contribution in [3.05, 3.63) is 64.7 Å². The molecule has 0 bridgehead atoms. The Morgan fingerprint density at radius 1 is 1.00 bits per heavy atom. The molecular formula is C22H27ClO3. The highest BCUT2D eigenvalue weighted by Crippen LogP contribution is 2.35. The van der Waals surface area contributed by atoms with Crippen LogP contribution in [0.5, 0.6) is 5.75 Å². The quantitative estimate of drug-likeness (QED) is 0.560. The summed E-state index contributed by atoms with van der Waals surface area (Å²) in [6.07, 6.45) is 0. The van der Waals surface area contributed by atoms with Gasteiger partial charge in [-0.2, -0.15) is 0 Å². The molecule has 0 radical (unpaired) electrons. The first-order valence-electron chi connectivity index (χ1n) is 8.99. The molecule has 0 heterocycles. The topological polar surface area (TPSA) is 35.5 Å². The van der Waals surface area contributed by atoms with Crippen molar-refractivity contribution in [2.45, 2.75) is 52.1 Å². The standard InChI is InChI=1S/C22H27ClO3/c1-6-25-21(24)22(5,16(4)18-7-11-19(23)12-8-18)26-20-13-9-17(10-14-20)15(2)3/h7-16H,6H2,1-5H3/t16-,22-/m1/s1. The van der Waals surface area contributed by atoms with E-state index in [1.54, 1.807) is 13.8 Å². The lowest BCUT2D eigenvalue weighted by molar-refractivity contribution is -0.162. The van der Waals surface area contributed by atoms with Gasteiger partial charge in [0.1, 0.15) is 5.75 Å². The molecule has 0 aliphatic rings. The van der Waals surface area contributed by atoms with E-state index in [1.165, 1.54) is 5.56 Å². The van der Waals surface area contributed by atoms with Crippen LogP contribution in [0.4, 0.5) is 0 Å². The third kappa shape index (κ3) is 4.59. The maximum absolute atomic E-state index is 12.8. The molecule has 0 unspecified atom stereocenters. The van der Waals surface area contributed by atoms with Gasteiger partial charge in [-0.25, -0.2) is 4.79 Å². The van der Waals surface area contributed by atoms with Crippen LogP contribution in [0.3, 0.4) is 0 Å². The largest absolute Gasteiger partial charge is 0.475 e. The number of esters is 1. The van der Waals surface area contributed by atoms with E-state index in [-0.39, 0.29) is 11.9 Å². The molecule has 0 aliphatic carbocycles. The van der Waals surface area contributed by atoms with Crippen molar-refractivity contribution < 1.29 is 14.3 Å². The first-order chi connectivity index (χ1) is 12.3. The summed E-state index contributed by atoms with van der Waals surface area (Å²) in [7, 11) is 0. The maximum Gasteiger partial charge on any atom is 0.350 e. The molecule has 0 N–H and O–H groups in total. The summed E-state index contributed by atoms with van der Waals surface area (Å²) in [5, 5.41) is 0.656. The lowest BCUT2D eigenvalue weighted by atomic mass is 9.84. The van der Waals surface area contributed by atoms with E-state index in [4.69, 9.17) is 21.1 Å². The van der Waals surface area contributed by atoms with E-state index in [9.17, 15) is 4.79 Å². The molecule has 0 saturated carbocycles. The zero-order valence-electron chi connectivity index (χ0n) is 16.1. The monoisotopic (exact) mass is 374 g/mol. The van der Waals surface area contributed by atoms with Crippen LogP contribution in [0.1, 0.15) is 57.6 Å². The molecular weight excluding hydrogens is 348 g/mol. The van der Waals surface area contributed by atoms with Gasteiger partial charge in [0.25, 0.3) is 0 Å². The Morgan fingerprint density at radius 2 is 1.54 bits per heavy atom. The summed E-state index contributed by atoms with van der Waals surface area (Å²) in [6, 6.07) is 15.3. The number of hydrogen-bond donors (Lipinski definition) is 0. The fourth-order valence-corrected chi connectivity index (χ4v) is 2.94. The average Bonchev–Trinajstić information content (AvgIpc) is 2.62. The molecule has 3 nitrogen and oxygen atoms in total. The summed E-state index contributed by atoms with van der Waals surface area (Å²) in [6.45, 7) is 10.1. The van der Waals surface area contributed by atoms with Gasteiger partial charge in [0.15, 0.2) is 0 Å². The molecule has 0 amide bonds. The van der Waals surface area contributed by atoms with Crippen molar-refractivity contribution in [2.75, 3.05) is 6.61 Å². The van der Waals surface area contributed by atoms with E-state index in [1.807, 2.05) is 55.5 Å². The predicted octanol–water partition coefficient (Wildman–Crippen LogP) is 5.97. The van der Waals surface area contributed by atoms with Crippen LogP contribution >= 0.6 is 11.6 Å². The molecule has 0 fully saturated rings. The minimum atomic E-state index is -1.15. The van der Waals surface area contributed by atoms with Crippen LogP contribution in [0.25, 0.3) is 0 Å². The van der Waals surface area contributed by atoms with Crippen molar-refractivity contribution >= 4 is 17.6 Å². The highest BCUT2D eigenvalue weighted by atomic mass is 35.5. The maximum atomic E-state index is 12.8. The van der Waals surface area contributed by atoms with Crippen molar-refractivity contribution in [2.24, 2.45) is 0 Å². The van der Waals surface area contributed by atoms with Crippen LogP contribution in [-0.4, -0.2) is 18.2 Å². The number of rotatable bonds is 7. The molecule has 26 heavy (non-hydrogen) atoms. The summed E-state index contributed by atoms with van der Waals surface area (Å²) in [4.78, 5) is 12.8. The van der Waals surface area contributed by atoms with Crippen molar-refractivity contribution in [3.8, 4) is 5.75 Å². The summed E-state index contributed by atoms with van der Waals surface area (Å²) >= 11 is 5.99. The molecule has 0 saturated heterocycles. The fourth-order valence-electron chi connectivity index (χ4n) is 2.82. The number of hydrogen-bond acceptors (Lipinski definition) is 3. The van der Waals surface area contributed by atoms with Gasteiger partial charge in [-0.3, -0.25) is 0 Å². The van der Waals surface area contributed by atoms with E-state index in [0.29, 0.717) is 23.3 Å². The van der Waals surface area contributed by atoms with E-state index < -0.39 is 5.60 Å². The average molecular weight is 375 g/mol. The second kappa shape index (κ2) is 8.59. The number of halogens is 1. The zero-order valence-corrected chi connectivity index (χ0v) is 16.8. The molecule has 2 atom stereocenters. The van der Waals surface area contributed by atoms with Gasteiger partial charge in [-0.05, 0) is 55.2 Å². The first kappa shape index (κ1) is 20.3. The van der Waals surface area contributed by atoms with Gasteiger partial charge in [0, 0.05) is 10.9 Å². The Kier molecular flexibility index (Phi) is 6.71. The molecule has 2 aromatic rings. The molecule has 2 rings (SSSR count). The second-order valence-corrected chi connectivity index (χ2v) is 7.36. The van der Waals surface area contributed by atoms with Gasteiger partial charge < -0.3 is 9.47 Å². The van der Waals surface area contributed by atoms with Crippen molar-refractivity contribution in [1.29, 1.82) is 0 Å². The molecule has 2 aromatic carbocycles. The van der Waals surface area contributed by atoms with Gasteiger partial charge in [0.05, 0.1) is 6.61 Å². The fraction of sp³-hybridized carbons (Fsp3) is 0.409. The van der Waals surface area contributed by atoms with Crippen molar-refractivity contribution in [3.63, 3.8) is 0 Å². The van der Waals surface area contributed by atoms with Crippen LogP contribution in [0, 0.1) is 0 Å². The minimum absolute atomic E-state index is 0.219. The highest BCUT2D eigenvalue weighted by Gasteiger charge is 2.43. The smallest absolute Gasteiger partial charge is 0.350 e. The molecule has 140 valence electrons. The Morgan fingerprint density at radius 3 is 2.04 bits per heavy atom. The predicted molar refractivity (Wildman–Crippen MR) is 106 cm³/mol. The molecule has 4 heteroatoms. The zero-order chi connectivity index (χ0) is 19.3. The summed E-state index contributed by atoms with van der Waals surface area (Å²) in [5.41, 5.74) is 1.04. The Labute approximate surface area is 161 Å². The number of carbonyl (C=O) groups excluding carboxylic acids is 1. The lowest BCUT2D eigenvalue weighted by Crippen LogP contribution is -2.47. The molecule has 0 aliphatic heterocycles. The van der Waals surface area contributed by atoms with E-state index in [0.717, 1.165) is 5.56 Å². The number of carbonyl (C=O) groups is 1. The molecule has 0 aromatic heterocycles. The summed E-state index contributed by atoms with van der Waals surface area (Å²) < 4.78 is 11.5. The van der Waals surface area contributed by atoms with Gasteiger partial charge in [-0.1, -0.05) is 56.6 Å². The van der Waals surface area contributed by atoms with Gasteiger partial charge in [-0.15, -0.1) is 0 Å². The van der Waals surface area contributed by atoms with E-state index >= 15 is 0 Å². The normalized spacial score (nSPS) is 14.6. The number of ether oxygens (including phenoxy) is 2.